The zero-order chi connectivity index (χ0) is 14.4. The fraction of sp³-hybridized carbons (Fsp3) is 0.647. The smallest absolute Gasteiger partial charge is 0.130 e. The average molecular weight is 263 g/mol. The van der Waals surface area contributed by atoms with E-state index >= 15 is 0 Å². The first-order chi connectivity index (χ1) is 8.62. The van der Waals surface area contributed by atoms with Gasteiger partial charge in [0.2, 0.25) is 0 Å². The van der Waals surface area contributed by atoms with E-state index in [1.165, 1.54) is 11.1 Å². The van der Waals surface area contributed by atoms with E-state index in [0.717, 1.165) is 30.6 Å². The van der Waals surface area contributed by atoms with Crippen LogP contribution in [0.3, 0.4) is 0 Å². The van der Waals surface area contributed by atoms with Crippen LogP contribution in [0, 0.1) is 5.82 Å². The minimum Gasteiger partial charge on any atom is -0.312 e. The fourth-order valence-corrected chi connectivity index (χ4v) is 2.86. The van der Waals surface area contributed by atoms with Crippen molar-refractivity contribution < 1.29 is 4.39 Å². The summed E-state index contributed by atoms with van der Waals surface area (Å²) in [5.74, 6) is 0.0250. The van der Waals surface area contributed by atoms with Gasteiger partial charge in [0, 0.05) is 6.54 Å². The standard InChI is InChI=1S/C17H26FN/c1-16(2,3)13-9-14(17(4,5)6)15(18)11-7-8-19-10-12(11)13/h9,19H,7-8,10H2,1-6H3. The van der Waals surface area contributed by atoms with Crippen LogP contribution in [0.1, 0.15) is 63.8 Å². The van der Waals surface area contributed by atoms with Crippen LogP contribution < -0.4 is 5.32 Å². The molecule has 1 aliphatic rings. The van der Waals surface area contributed by atoms with E-state index in [9.17, 15) is 4.39 Å². The summed E-state index contributed by atoms with van der Waals surface area (Å²) in [4.78, 5) is 0. The summed E-state index contributed by atoms with van der Waals surface area (Å²) in [7, 11) is 0. The number of nitrogens with one attached hydrogen (secondary N) is 1. The highest BCUT2D eigenvalue weighted by atomic mass is 19.1. The highest BCUT2D eigenvalue weighted by Crippen LogP contribution is 2.37. The highest BCUT2D eigenvalue weighted by Gasteiger charge is 2.29. The Morgan fingerprint density at radius 2 is 1.53 bits per heavy atom. The molecule has 0 aliphatic carbocycles. The molecular formula is C17H26FN. The Labute approximate surface area is 116 Å². The molecule has 0 spiro atoms. The zero-order valence-electron chi connectivity index (χ0n) is 13.1. The SMILES string of the molecule is CC(C)(C)c1cc(C(C)(C)C)c2c(c1F)CCNC2. The monoisotopic (exact) mass is 263 g/mol. The van der Waals surface area contributed by atoms with E-state index in [-0.39, 0.29) is 16.6 Å². The highest BCUT2D eigenvalue weighted by molar-refractivity contribution is 5.47. The van der Waals surface area contributed by atoms with Gasteiger partial charge >= 0.3 is 0 Å². The minimum absolute atomic E-state index is 0.0250. The van der Waals surface area contributed by atoms with Crippen LogP contribution in [-0.2, 0) is 23.8 Å². The topological polar surface area (TPSA) is 12.0 Å². The predicted molar refractivity (Wildman–Crippen MR) is 79.2 cm³/mol. The lowest BCUT2D eigenvalue weighted by Gasteiger charge is -2.32. The van der Waals surface area contributed by atoms with Crippen molar-refractivity contribution in [1.29, 1.82) is 0 Å². The van der Waals surface area contributed by atoms with E-state index in [1.54, 1.807) is 0 Å². The summed E-state index contributed by atoms with van der Waals surface area (Å²) in [5, 5.41) is 3.37. The molecule has 1 aromatic rings. The summed E-state index contributed by atoms with van der Waals surface area (Å²) < 4.78 is 14.8. The second kappa shape index (κ2) is 4.59. The summed E-state index contributed by atoms with van der Waals surface area (Å²) in [5.41, 5.74) is 4.18. The first-order valence-corrected chi connectivity index (χ1v) is 7.18. The molecule has 1 nitrogen and oxygen atoms in total. The molecular weight excluding hydrogens is 237 g/mol. The molecule has 1 aliphatic heterocycles. The van der Waals surface area contributed by atoms with Crippen LogP contribution in [0.5, 0.6) is 0 Å². The Kier molecular flexibility index (Phi) is 3.51. The molecule has 1 N–H and O–H groups in total. The van der Waals surface area contributed by atoms with Gasteiger partial charge < -0.3 is 5.32 Å². The maximum atomic E-state index is 14.8. The largest absolute Gasteiger partial charge is 0.312 e. The van der Waals surface area contributed by atoms with Crippen LogP contribution in [0.15, 0.2) is 6.07 Å². The van der Waals surface area contributed by atoms with Gasteiger partial charge in [-0.2, -0.15) is 0 Å². The van der Waals surface area contributed by atoms with E-state index in [4.69, 9.17) is 0 Å². The molecule has 0 saturated carbocycles. The molecule has 0 radical (unpaired) electrons. The lowest BCUT2D eigenvalue weighted by Crippen LogP contribution is -2.30. The van der Waals surface area contributed by atoms with Crippen LogP contribution >= 0.6 is 0 Å². The third-order valence-electron chi connectivity index (χ3n) is 3.95. The van der Waals surface area contributed by atoms with Crippen molar-refractivity contribution in [2.75, 3.05) is 6.54 Å². The Bertz CT molecular complexity index is 489. The predicted octanol–water partition coefficient (Wildman–Crippen LogP) is 4.07. The third kappa shape index (κ3) is 2.69. The second-order valence-corrected chi connectivity index (χ2v) is 7.67. The Balaban J connectivity index is 2.74. The number of hydrogen-bond acceptors (Lipinski definition) is 1. The lowest BCUT2D eigenvalue weighted by atomic mass is 9.75. The van der Waals surface area contributed by atoms with Gasteiger partial charge in [0.05, 0.1) is 0 Å². The number of hydrogen-bond donors (Lipinski definition) is 1. The van der Waals surface area contributed by atoms with Crippen molar-refractivity contribution in [1.82, 2.24) is 5.32 Å². The van der Waals surface area contributed by atoms with Gasteiger partial charge in [0.1, 0.15) is 5.82 Å². The molecule has 0 aromatic heterocycles. The van der Waals surface area contributed by atoms with Gasteiger partial charge in [-0.1, -0.05) is 47.6 Å². The Morgan fingerprint density at radius 3 is 2.05 bits per heavy atom. The zero-order valence-corrected chi connectivity index (χ0v) is 13.1. The molecule has 1 aromatic carbocycles. The van der Waals surface area contributed by atoms with E-state index in [0.29, 0.717) is 0 Å². The Hall–Kier alpha value is -0.890. The molecule has 0 fully saturated rings. The fourth-order valence-electron chi connectivity index (χ4n) is 2.86. The number of benzene rings is 1. The maximum Gasteiger partial charge on any atom is 0.130 e. The second-order valence-electron chi connectivity index (χ2n) is 7.67. The Morgan fingerprint density at radius 1 is 0.947 bits per heavy atom. The van der Waals surface area contributed by atoms with Crippen molar-refractivity contribution in [3.05, 3.63) is 34.1 Å². The van der Waals surface area contributed by atoms with Crippen molar-refractivity contribution in [2.24, 2.45) is 0 Å². The number of halogens is 1. The van der Waals surface area contributed by atoms with Crippen molar-refractivity contribution in [3.63, 3.8) is 0 Å². The quantitative estimate of drug-likeness (QED) is 0.744. The van der Waals surface area contributed by atoms with Crippen LogP contribution in [-0.4, -0.2) is 6.54 Å². The molecule has 0 bridgehead atoms. The maximum absolute atomic E-state index is 14.8. The van der Waals surface area contributed by atoms with Gasteiger partial charge in [-0.05, 0) is 46.0 Å². The molecule has 106 valence electrons. The summed E-state index contributed by atoms with van der Waals surface area (Å²) in [6.07, 6.45) is 0.800. The molecule has 19 heavy (non-hydrogen) atoms. The van der Waals surface area contributed by atoms with Crippen molar-refractivity contribution in [2.45, 2.75) is 65.3 Å². The first kappa shape index (κ1) is 14.5. The molecule has 0 atom stereocenters. The van der Waals surface area contributed by atoms with Crippen LogP contribution in [0.4, 0.5) is 4.39 Å². The molecule has 2 rings (SSSR count). The van der Waals surface area contributed by atoms with Gasteiger partial charge in [0.15, 0.2) is 0 Å². The molecule has 1 heterocycles. The first-order valence-electron chi connectivity index (χ1n) is 7.18. The normalized spacial score (nSPS) is 16.4. The summed E-state index contributed by atoms with van der Waals surface area (Å²) in [6, 6.07) is 2.10. The number of rotatable bonds is 0. The third-order valence-corrected chi connectivity index (χ3v) is 3.95. The van der Waals surface area contributed by atoms with Crippen LogP contribution in [0.25, 0.3) is 0 Å². The molecule has 2 heteroatoms. The van der Waals surface area contributed by atoms with Gasteiger partial charge in [-0.3, -0.25) is 0 Å². The minimum atomic E-state index is -0.149. The van der Waals surface area contributed by atoms with Gasteiger partial charge in [0.25, 0.3) is 0 Å². The van der Waals surface area contributed by atoms with E-state index in [2.05, 4.69) is 52.9 Å². The number of fused-ring (bicyclic) bond motifs is 1. The van der Waals surface area contributed by atoms with Gasteiger partial charge in [-0.25, -0.2) is 4.39 Å². The molecule has 0 amide bonds. The lowest BCUT2D eigenvalue weighted by molar-refractivity contribution is 0.488. The van der Waals surface area contributed by atoms with E-state index in [1.807, 2.05) is 0 Å². The van der Waals surface area contributed by atoms with Gasteiger partial charge in [-0.15, -0.1) is 0 Å². The van der Waals surface area contributed by atoms with E-state index < -0.39 is 0 Å². The average Bonchev–Trinajstić information content (AvgIpc) is 2.26. The summed E-state index contributed by atoms with van der Waals surface area (Å²) >= 11 is 0. The van der Waals surface area contributed by atoms with Crippen molar-refractivity contribution >= 4 is 0 Å². The van der Waals surface area contributed by atoms with Crippen molar-refractivity contribution in [3.8, 4) is 0 Å². The molecule has 0 unspecified atom stereocenters. The van der Waals surface area contributed by atoms with Crippen LogP contribution in [0.2, 0.25) is 0 Å². The summed E-state index contributed by atoms with van der Waals surface area (Å²) in [6.45, 7) is 14.6. The molecule has 0 saturated heterocycles.